The molecule has 0 saturated carbocycles. The number of furan rings is 1. The van der Waals surface area contributed by atoms with E-state index in [1.165, 1.54) is 18.9 Å². The normalized spacial score (nSPS) is 15.7. The number of ether oxygens (including phenoxy) is 2. The third-order valence-corrected chi connectivity index (χ3v) is 7.02. The molecule has 194 valence electrons. The number of carbonyl (C=O) groups is 2. The molecule has 0 N–H and O–H groups in total. The highest BCUT2D eigenvalue weighted by Crippen LogP contribution is 2.35. The van der Waals surface area contributed by atoms with Gasteiger partial charge in [0.1, 0.15) is 5.76 Å². The number of aliphatic imine (C=N–C) groups is 1. The summed E-state index contributed by atoms with van der Waals surface area (Å²) >= 11 is 1.36. The predicted octanol–water partition coefficient (Wildman–Crippen LogP) is 5.71. The van der Waals surface area contributed by atoms with Crippen LogP contribution >= 0.6 is 11.8 Å². The van der Waals surface area contributed by atoms with Gasteiger partial charge >= 0.3 is 5.97 Å². The van der Waals surface area contributed by atoms with Crippen molar-refractivity contribution in [3.63, 3.8) is 0 Å². The first-order chi connectivity index (χ1) is 18.6. The molecule has 0 bridgehead atoms. The van der Waals surface area contributed by atoms with Crippen LogP contribution in [0.5, 0.6) is 0 Å². The Morgan fingerprint density at radius 1 is 1.08 bits per heavy atom. The number of benzene rings is 2. The number of hydrogen-bond donors (Lipinski definition) is 0. The van der Waals surface area contributed by atoms with Crippen LogP contribution in [0.2, 0.25) is 0 Å². The number of rotatable bonds is 9. The van der Waals surface area contributed by atoms with Gasteiger partial charge in [0.2, 0.25) is 5.76 Å². The number of esters is 1. The lowest BCUT2D eigenvalue weighted by Crippen LogP contribution is -2.32. The number of methoxy groups -OCH3 is 1. The number of nitrogens with zero attached hydrogens (tertiary/aromatic N) is 3. The molecule has 8 nitrogen and oxygen atoms in total. The maximum Gasteiger partial charge on any atom is 0.373 e. The molecular formula is C29H27N3O5S. The maximum atomic E-state index is 13.5. The number of carbonyl (C=O) groups excluding carboxylic acids is 2. The second kappa shape index (κ2) is 11.5. The van der Waals surface area contributed by atoms with Gasteiger partial charge in [-0.15, -0.1) is 0 Å². The molecule has 0 atom stereocenters. The van der Waals surface area contributed by atoms with Crippen LogP contribution in [0.4, 0.5) is 5.69 Å². The second-order valence-corrected chi connectivity index (χ2v) is 9.49. The summed E-state index contributed by atoms with van der Waals surface area (Å²) in [6.07, 6.45) is 3.90. The molecule has 1 aliphatic rings. The Morgan fingerprint density at radius 3 is 2.66 bits per heavy atom. The summed E-state index contributed by atoms with van der Waals surface area (Å²) in [4.78, 5) is 32.3. The van der Waals surface area contributed by atoms with E-state index >= 15 is 0 Å². The van der Waals surface area contributed by atoms with Crippen LogP contribution in [0.1, 0.15) is 28.8 Å². The lowest BCUT2D eigenvalue weighted by atomic mass is 10.1. The molecule has 0 unspecified atom stereocenters. The Morgan fingerprint density at radius 2 is 1.87 bits per heavy atom. The van der Waals surface area contributed by atoms with Gasteiger partial charge in [0.25, 0.3) is 5.91 Å². The first-order valence-electron chi connectivity index (χ1n) is 12.2. The van der Waals surface area contributed by atoms with E-state index in [1.807, 2.05) is 78.4 Å². The molecule has 2 aromatic carbocycles. The lowest BCUT2D eigenvalue weighted by molar-refractivity contribution is -0.122. The molecule has 0 spiro atoms. The summed E-state index contributed by atoms with van der Waals surface area (Å²) in [7, 11) is 1.32. The van der Waals surface area contributed by atoms with E-state index in [2.05, 4.69) is 0 Å². The molecule has 9 heteroatoms. The fourth-order valence-electron chi connectivity index (χ4n) is 4.21. The Kier molecular flexibility index (Phi) is 7.76. The number of thioether (sulfide) groups is 1. The van der Waals surface area contributed by atoms with E-state index < -0.39 is 5.97 Å². The number of aromatic nitrogens is 1. The van der Waals surface area contributed by atoms with Gasteiger partial charge in [0.05, 0.1) is 37.4 Å². The van der Waals surface area contributed by atoms with Crippen molar-refractivity contribution in [3.8, 4) is 0 Å². The Bertz CT molecular complexity index is 1520. The summed E-state index contributed by atoms with van der Waals surface area (Å²) in [5.74, 6) is 0.162. The third-order valence-electron chi connectivity index (χ3n) is 6.01. The first-order valence-corrected chi connectivity index (χ1v) is 13.1. The van der Waals surface area contributed by atoms with Gasteiger partial charge in [-0.25, -0.2) is 9.79 Å². The summed E-state index contributed by atoms with van der Waals surface area (Å²) < 4.78 is 18.0. The average molecular weight is 530 g/mol. The number of para-hydroxylation sites is 2. The van der Waals surface area contributed by atoms with E-state index in [4.69, 9.17) is 18.9 Å². The van der Waals surface area contributed by atoms with Crippen molar-refractivity contribution in [3.05, 3.63) is 94.9 Å². The van der Waals surface area contributed by atoms with Gasteiger partial charge in [-0.1, -0.05) is 36.4 Å². The van der Waals surface area contributed by atoms with Crippen molar-refractivity contribution in [1.82, 2.24) is 9.47 Å². The second-order valence-electron chi connectivity index (χ2n) is 8.48. The molecule has 1 aliphatic heterocycles. The van der Waals surface area contributed by atoms with Gasteiger partial charge in [0, 0.05) is 29.3 Å². The molecular weight excluding hydrogens is 502 g/mol. The van der Waals surface area contributed by atoms with Gasteiger partial charge in [0.15, 0.2) is 5.17 Å². The highest BCUT2D eigenvalue weighted by Gasteiger charge is 2.33. The molecule has 1 amide bonds. The number of fused-ring (bicyclic) bond motifs is 1. The molecule has 2 aromatic heterocycles. The van der Waals surface area contributed by atoms with Crippen molar-refractivity contribution in [2.45, 2.75) is 13.5 Å². The Hall–Kier alpha value is -4.08. The van der Waals surface area contributed by atoms with Crippen LogP contribution in [-0.2, 0) is 20.8 Å². The number of amidine groups is 1. The lowest BCUT2D eigenvalue weighted by Gasteiger charge is -2.15. The van der Waals surface area contributed by atoms with Gasteiger partial charge in [-0.2, -0.15) is 0 Å². The van der Waals surface area contributed by atoms with Crippen LogP contribution in [0.3, 0.4) is 0 Å². The quantitative estimate of drug-likeness (QED) is 0.157. The van der Waals surface area contributed by atoms with E-state index in [-0.39, 0.29) is 11.7 Å². The zero-order chi connectivity index (χ0) is 26.5. The van der Waals surface area contributed by atoms with Crippen molar-refractivity contribution in [2.75, 3.05) is 26.9 Å². The highest BCUT2D eigenvalue weighted by atomic mass is 32.2. The fraction of sp³-hybridized carbons (Fsp3) is 0.207. The highest BCUT2D eigenvalue weighted by molar-refractivity contribution is 8.18. The molecule has 0 aliphatic carbocycles. The monoisotopic (exact) mass is 529 g/mol. The maximum absolute atomic E-state index is 13.5. The minimum atomic E-state index is -0.516. The minimum Gasteiger partial charge on any atom is -0.463 e. The Labute approximate surface area is 224 Å². The predicted molar refractivity (Wildman–Crippen MR) is 148 cm³/mol. The van der Waals surface area contributed by atoms with Crippen LogP contribution in [0, 0.1) is 0 Å². The number of amides is 1. The van der Waals surface area contributed by atoms with E-state index in [0.29, 0.717) is 42.1 Å². The topological polar surface area (TPSA) is 86.3 Å². The van der Waals surface area contributed by atoms with E-state index in [1.54, 1.807) is 17.0 Å². The van der Waals surface area contributed by atoms with E-state index in [0.717, 1.165) is 22.2 Å². The molecule has 4 aromatic rings. The molecule has 1 fully saturated rings. The standard InChI is InChI=1S/C29H27N3O5S/c1-3-36-16-15-32-27(33)26(38-29(32)30-21-9-5-4-6-10-21)17-20-18-31(24-12-8-7-11-23(20)24)19-22-13-14-25(37-22)28(34)35-2/h4-14,17-18H,3,15-16,19H2,1-2H3/b26-17-,30-29?. The van der Waals surface area contributed by atoms with Crippen LogP contribution in [0.15, 0.2) is 87.2 Å². The SMILES string of the molecule is CCOCCN1C(=O)/C(=C/c2cn(Cc3ccc(C(=O)OC)o3)c3ccccc23)SC1=Nc1ccccc1. The molecule has 0 radical (unpaired) electrons. The number of hydrogen-bond acceptors (Lipinski definition) is 7. The van der Waals surface area contributed by atoms with E-state index in [9.17, 15) is 9.59 Å². The van der Waals surface area contributed by atoms with Crippen LogP contribution < -0.4 is 0 Å². The zero-order valence-corrected chi connectivity index (χ0v) is 21.9. The molecule has 1 saturated heterocycles. The van der Waals surface area contributed by atoms with Gasteiger partial charge in [-0.3, -0.25) is 9.69 Å². The molecule has 5 rings (SSSR count). The largest absolute Gasteiger partial charge is 0.463 e. The smallest absolute Gasteiger partial charge is 0.373 e. The van der Waals surface area contributed by atoms with Crippen LogP contribution in [-0.4, -0.2) is 53.4 Å². The van der Waals surface area contributed by atoms with Crippen LogP contribution in [0.25, 0.3) is 17.0 Å². The Balaban J connectivity index is 1.47. The molecule has 38 heavy (non-hydrogen) atoms. The average Bonchev–Trinajstić information content (AvgIpc) is 3.63. The molecule has 3 heterocycles. The minimum absolute atomic E-state index is 0.102. The van der Waals surface area contributed by atoms with Crippen molar-refractivity contribution < 1.29 is 23.5 Å². The third kappa shape index (κ3) is 5.44. The van der Waals surface area contributed by atoms with Crippen molar-refractivity contribution in [2.24, 2.45) is 4.99 Å². The fourth-order valence-corrected chi connectivity index (χ4v) is 5.22. The van der Waals surface area contributed by atoms with Crippen molar-refractivity contribution >= 4 is 51.5 Å². The summed E-state index contributed by atoms with van der Waals surface area (Å²) in [5.41, 5.74) is 2.67. The van der Waals surface area contributed by atoms with Gasteiger partial charge in [-0.05, 0) is 55.1 Å². The first kappa shape index (κ1) is 25.6. The summed E-state index contributed by atoms with van der Waals surface area (Å²) in [6, 6.07) is 20.9. The van der Waals surface area contributed by atoms with Gasteiger partial charge < -0.3 is 18.5 Å². The van der Waals surface area contributed by atoms with Crippen molar-refractivity contribution in [1.29, 1.82) is 0 Å². The zero-order valence-electron chi connectivity index (χ0n) is 21.1. The summed E-state index contributed by atoms with van der Waals surface area (Å²) in [5, 5.41) is 1.63. The summed E-state index contributed by atoms with van der Waals surface area (Å²) in [6.45, 7) is 3.78.